The molecule has 0 amide bonds. The van der Waals surface area contributed by atoms with Crippen LogP contribution in [-0.2, 0) is 0 Å². The summed E-state index contributed by atoms with van der Waals surface area (Å²) in [6.45, 7) is 7.14. The lowest BCUT2D eigenvalue weighted by Gasteiger charge is -2.36. The Morgan fingerprint density at radius 2 is 2.13 bits per heavy atom. The second-order valence-electron chi connectivity index (χ2n) is 5.19. The highest BCUT2D eigenvalue weighted by molar-refractivity contribution is 5.38. The molecule has 0 saturated carbocycles. The molecule has 0 N–H and O–H groups in total. The lowest BCUT2D eigenvalue weighted by atomic mass is 9.85. The summed E-state index contributed by atoms with van der Waals surface area (Å²) in [6.07, 6.45) is 2.74. The van der Waals surface area contributed by atoms with E-state index in [1.165, 1.54) is 31.5 Å². The molecule has 2 heterocycles. The summed E-state index contributed by atoms with van der Waals surface area (Å²) in [5.41, 5.74) is 4.63. The van der Waals surface area contributed by atoms with Gasteiger partial charge in [0.15, 0.2) is 0 Å². The Balaban J connectivity index is 2.11. The van der Waals surface area contributed by atoms with Gasteiger partial charge < -0.3 is 0 Å². The molecule has 1 fully saturated rings. The molecule has 1 nitrogen and oxygen atoms in total. The van der Waals surface area contributed by atoms with Crippen LogP contribution in [0.15, 0.2) is 18.2 Å². The third-order valence-corrected chi connectivity index (χ3v) is 4.00. The summed E-state index contributed by atoms with van der Waals surface area (Å²) in [7, 11) is 0. The van der Waals surface area contributed by atoms with Crippen molar-refractivity contribution in [2.75, 3.05) is 13.1 Å². The second-order valence-corrected chi connectivity index (χ2v) is 5.19. The molecule has 1 saturated heterocycles. The normalized spacial score (nSPS) is 30.0. The van der Waals surface area contributed by atoms with Gasteiger partial charge in [-0.1, -0.05) is 30.7 Å². The number of rotatable bonds is 0. The van der Waals surface area contributed by atoms with Gasteiger partial charge in [-0.05, 0) is 43.4 Å². The van der Waals surface area contributed by atoms with Gasteiger partial charge in [-0.3, -0.25) is 4.90 Å². The van der Waals surface area contributed by atoms with E-state index in [1.807, 2.05) is 0 Å². The fourth-order valence-corrected chi connectivity index (χ4v) is 3.28. The zero-order chi connectivity index (χ0) is 10.4. The molecule has 0 aliphatic carbocycles. The number of nitrogens with zero attached hydrogens (tertiary/aromatic N) is 1. The van der Waals surface area contributed by atoms with Gasteiger partial charge in [-0.2, -0.15) is 0 Å². The Bertz CT molecular complexity index is 383. The van der Waals surface area contributed by atoms with Crippen molar-refractivity contribution >= 4 is 0 Å². The van der Waals surface area contributed by atoms with Crippen molar-refractivity contribution in [2.24, 2.45) is 0 Å². The van der Waals surface area contributed by atoms with E-state index in [0.29, 0.717) is 0 Å². The van der Waals surface area contributed by atoms with Gasteiger partial charge in [0, 0.05) is 12.6 Å². The van der Waals surface area contributed by atoms with Gasteiger partial charge in [0.1, 0.15) is 0 Å². The molecule has 0 radical (unpaired) electrons. The average molecular weight is 201 g/mol. The first-order chi connectivity index (χ1) is 7.25. The molecular weight excluding hydrogens is 182 g/mol. The molecular formula is C14H19N. The highest BCUT2D eigenvalue weighted by Crippen LogP contribution is 2.41. The molecule has 2 unspecified atom stereocenters. The van der Waals surface area contributed by atoms with E-state index in [1.54, 1.807) is 11.1 Å². The third-order valence-electron chi connectivity index (χ3n) is 4.00. The minimum absolute atomic E-state index is 0.718. The number of benzene rings is 1. The van der Waals surface area contributed by atoms with Crippen LogP contribution in [0.1, 0.15) is 48.4 Å². The molecule has 1 aromatic rings. The maximum absolute atomic E-state index is 2.67. The predicted octanol–water partition coefficient (Wildman–Crippen LogP) is 3.25. The van der Waals surface area contributed by atoms with Crippen LogP contribution in [0.5, 0.6) is 0 Å². The number of aryl methyl sites for hydroxylation is 1. The summed E-state index contributed by atoms with van der Waals surface area (Å²) in [4.78, 5) is 2.67. The second kappa shape index (κ2) is 3.34. The summed E-state index contributed by atoms with van der Waals surface area (Å²) in [5.74, 6) is 0.718. The third kappa shape index (κ3) is 1.41. The molecule has 2 aliphatic rings. The van der Waals surface area contributed by atoms with Crippen molar-refractivity contribution in [3.63, 3.8) is 0 Å². The summed E-state index contributed by atoms with van der Waals surface area (Å²) in [5, 5.41) is 0. The molecule has 2 atom stereocenters. The van der Waals surface area contributed by atoms with Gasteiger partial charge in [0.2, 0.25) is 0 Å². The molecule has 0 spiro atoms. The van der Waals surface area contributed by atoms with Crippen LogP contribution in [0, 0.1) is 6.92 Å². The molecule has 0 aromatic heterocycles. The van der Waals surface area contributed by atoms with Crippen molar-refractivity contribution in [2.45, 2.75) is 38.6 Å². The Morgan fingerprint density at radius 1 is 1.27 bits per heavy atom. The monoisotopic (exact) mass is 201 g/mol. The van der Waals surface area contributed by atoms with E-state index in [4.69, 9.17) is 0 Å². The van der Waals surface area contributed by atoms with E-state index >= 15 is 0 Å². The van der Waals surface area contributed by atoms with Crippen molar-refractivity contribution in [1.82, 2.24) is 4.90 Å². The topological polar surface area (TPSA) is 3.24 Å². The van der Waals surface area contributed by atoms with E-state index in [9.17, 15) is 0 Å². The smallest absolute Gasteiger partial charge is 0.0351 e. The molecule has 1 heteroatoms. The van der Waals surface area contributed by atoms with Crippen LogP contribution in [-0.4, -0.2) is 18.0 Å². The molecule has 0 bridgehead atoms. The van der Waals surface area contributed by atoms with Crippen molar-refractivity contribution < 1.29 is 0 Å². The predicted molar refractivity (Wildman–Crippen MR) is 63.1 cm³/mol. The lowest BCUT2D eigenvalue weighted by molar-refractivity contribution is 0.225. The van der Waals surface area contributed by atoms with Gasteiger partial charge >= 0.3 is 0 Å². The Labute approximate surface area is 92.1 Å². The van der Waals surface area contributed by atoms with Crippen molar-refractivity contribution in [3.8, 4) is 0 Å². The number of hydrogen-bond acceptors (Lipinski definition) is 1. The Morgan fingerprint density at radius 3 is 3.00 bits per heavy atom. The van der Waals surface area contributed by atoms with Crippen molar-refractivity contribution in [1.29, 1.82) is 0 Å². The number of hydrogen-bond donors (Lipinski definition) is 0. The molecule has 3 rings (SSSR count). The largest absolute Gasteiger partial charge is 0.296 e. The summed E-state index contributed by atoms with van der Waals surface area (Å²) in [6, 6.07) is 7.76. The van der Waals surface area contributed by atoms with Crippen LogP contribution in [0.25, 0.3) is 0 Å². The van der Waals surface area contributed by atoms with E-state index in [0.717, 1.165) is 12.0 Å². The highest BCUT2D eigenvalue weighted by Gasteiger charge is 2.33. The molecule has 1 aromatic carbocycles. The first-order valence-electron chi connectivity index (χ1n) is 6.10. The Hall–Kier alpha value is -0.820. The fraction of sp³-hybridized carbons (Fsp3) is 0.571. The van der Waals surface area contributed by atoms with E-state index < -0.39 is 0 Å². The zero-order valence-electron chi connectivity index (χ0n) is 9.66. The molecule has 80 valence electrons. The lowest BCUT2D eigenvalue weighted by Crippen LogP contribution is -2.33. The number of fused-ring (bicyclic) bond motifs is 3. The van der Waals surface area contributed by atoms with Crippen LogP contribution in [0.3, 0.4) is 0 Å². The van der Waals surface area contributed by atoms with Gasteiger partial charge in [0.25, 0.3) is 0 Å². The first kappa shape index (κ1) is 9.41. The average Bonchev–Trinajstić information content (AvgIpc) is 2.65. The van der Waals surface area contributed by atoms with Gasteiger partial charge in [0.05, 0.1) is 0 Å². The minimum Gasteiger partial charge on any atom is -0.296 e. The SMILES string of the molecule is Cc1ccc2c(c1)C1CCCN1CC2C. The van der Waals surface area contributed by atoms with Crippen LogP contribution in [0.4, 0.5) is 0 Å². The maximum atomic E-state index is 2.67. The van der Waals surface area contributed by atoms with Crippen LogP contribution < -0.4 is 0 Å². The highest BCUT2D eigenvalue weighted by atomic mass is 15.2. The molecule has 2 aliphatic heterocycles. The van der Waals surface area contributed by atoms with E-state index in [-0.39, 0.29) is 0 Å². The molecule has 15 heavy (non-hydrogen) atoms. The van der Waals surface area contributed by atoms with Crippen LogP contribution in [0.2, 0.25) is 0 Å². The Kier molecular flexibility index (Phi) is 2.10. The zero-order valence-corrected chi connectivity index (χ0v) is 9.66. The standard InChI is InChI=1S/C14H19N/c1-10-5-6-12-11(2)9-15-7-3-4-14(15)13(12)8-10/h5-6,8,11,14H,3-4,7,9H2,1-2H3. The fourth-order valence-electron chi connectivity index (χ4n) is 3.28. The van der Waals surface area contributed by atoms with Gasteiger partial charge in [-0.25, -0.2) is 0 Å². The first-order valence-corrected chi connectivity index (χ1v) is 6.10. The summed E-state index contributed by atoms with van der Waals surface area (Å²) < 4.78 is 0. The van der Waals surface area contributed by atoms with Crippen LogP contribution >= 0.6 is 0 Å². The maximum Gasteiger partial charge on any atom is 0.0351 e. The van der Waals surface area contributed by atoms with E-state index in [2.05, 4.69) is 36.9 Å². The minimum atomic E-state index is 0.718. The quantitative estimate of drug-likeness (QED) is 0.623. The van der Waals surface area contributed by atoms with Crippen molar-refractivity contribution in [3.05, 3.63) is 34.9 Å². The summed E-state index contributed by atoms with van der Waals surface area (Å²) >= 11 is 0. The van der Waals surface area contributed by atoms with Gasteiger partial charge in [-0.15, -0.1) is 0 Å².